The van der Waals surface area contributed by atoms with Gasteiger partial charge in [0.1, 0.15) is 0 Å². The molecule has 21 heavy (non-hydrogen) atoms. The molecule has 5 nitrogen and oxygen atoms in total. The van der Waals surface area contributed by atoms with Crippen LogP contribution in [0.25, 0.3) is 0 Å². The SMILES string of the molecule is N#CC1(CC(O)C2CCN(c3ncc(Cl)cn3)CC2)CC1. The van der Waals surface area contributed by atoms with Gasteiger partial charge < -0.3 is 10.0 Å². The number of aliphatic hydroxyl groups is 1. The summed E-state index contributed by atoms with van der Waals surface area (Å²) in [6.45, 7) is 1.67. The van der Waals surface area contributed by atoms with Gasteiger partial charge in [0.15, 0.2) is 0 Å². The molecule has 0 radical (unpaired) electrons. The highest BCUT2D eigenvalue weighted by molar-refractivity contribution is 6.30. The van der Waals surface area contributed by atoms with Crippen LogP contribution in [-0.2, 0) is 0 Å². The number of hydrogen-bond acceptors (Lipinski definition) is 5. The molecule has 3 rings (SSSR count). The lowest BCUT2D eigenvalue weighted by molar-refractivity contribution is 0.0721. The number of nitriles is 1. The lowest BCUT2D eigenvalue weighted by Crippen LogP contribution is -2.39. The fourth-order valence-electron chi connectivity index (χ4n) is 3.03. The Morgan fingerprint density at radius 2 is 2.00 bits per heavy atom. The Morgan fingerprint density at radius 3 is 2.52 bits per heavy atom. The van der Waals surface area contributed by atoms with Gasteiger partial charge in [-0.05, 0) is 38.0 Å². The minimum Gasteiger partial charge on any atom is -0.393 e. The smallest absolute Gasteiger partial charge is 0.225 e. The normalized spacial score (nSPS) is 22.6. The summed E-state index contributed by atoms with van der Waals surface area (Å²) < 4.78 is 0. The van der Waals surface area contributed by atoms with Crippen LogP contribution in [0.5, 0.6) is 0 Å². The van der Waals surface area contributed by atoms with Gasteiger partial charge in [0.25, 0.3) is 0 Å². The molecule has 1 N–H and O–H groups in total. The summed E-state index contributed by atoms with van der Waals surface area (Å²) in [5, 5.41) is 20.0. The van der Waals surface area contributed by atoms with Gasteiger partial charge in [-0.25, -0.2) is 9.97 Å². The molecule has 6 heteroatoms. The molecule has 0 spiro atoms. The monoisotopic (exact) mass is 306 g/mol. The van der Waals surface area contributed by atoms with E-state index in [9.17, 15) is 5.11 Å². The molecule has 1 aliphatic heterocycles. The van der Waals surface area contributed by atoms with E-state index in [1.165, 1.54) is 0 Å². The largest absolute Gasteiger partial charge is 0.393 e. The van der Waals surface area contributed by atoms with Crippen LogP contribution >= 0.6 is 11.6 Å². The van der Waals surface area contributed by atoms with Crippen LogP contribution in [0.15, 0.2) is 12.4 Å². The maximum absolute atomic E-state index is 10.4. The van der Waals surface area contributed by atoms with Crippen LogP contribution < -0.4 is 4.90 Å². The van der Waals surface area contributed by atoms with Crippen molar-refractivity contribution in [3.8, 4) is 6.07 Å². The summed E-state index contributed by atoms with van der Waals surface area (Å²) in [7, 11) is 0. The third-order valence-electron chi connectivity index (χ3n) is 4.66. The van der Waals surface area contributed by atoms with E-state index < -0.39 is 0 Å². The Bertz CT molecular complexity index is 530. The van der Waals surface area contributed by atoms with Crippen LogP contribution in [-0.4, -0.2) is 34.3 Å². The quantitative estimate of drug-likeness (QED) is 0.924. The molecule has 0 amide bonds. The van der Waals surface area contributed by atoms with E-state index in [1.807, 2.05) is 0 Å². The molecule has 1 atom stereocenters. The number of halogens is 1. The van der Waals surface area contributed by atoms with Crippen LogP contribution in [0, 0.1) is 22.7 Å². The standard InChI is InChI=1S/C15H19ClN4O/c16-12-8-18-14(19-9-12)20-5-1-11(2-6-20)13(21)7-15(10-17)3-4-15/h8-9,11,13,21H,1-7H2. The second-order valence-corrected chi connectivity index (χ2v) is 6.63. The Kier molecular flexibility index (Phi) is 4.01. The van der Waals surface area contributed by atoms with Crippen molar-refractivity contribution < 1.29 is 5.11 Å². The molecule has 1 aliphatic carbocycles. The van der Waals surface area contributed by atoms with Crippen molar-refractivity contribution in [3.63, 3.8) is 0 Å². The maximum Gasteiger partial charge on any atom is 0.225 e. The van der Waals surface area contributed by atoms with E-state index in [1.54, 1.807) is 12.4 Å². The van der Waals surface area contributed by atoms with Crippen LogP contribution in [0.1, 0.15) is 32.1 Å². The van der Waals surface area contributed by atoms with Crippen molar-refractivity contribution in [1.82, 2.24) is 9.97 Å². The molecule has 1 saturated carbocycles. The number of hydrogen-bond donors (Lipinski definition) is 1. The third-order valence-corrected chi connectivity index (χ3v) is 4.86. The molecule has 1 aromatic rings. The summed E-state index contributed by atoms with van der Waals surface area (Å²) in [5.41, 5.74) is -0.226. The van der Waals surface area contributed by atoms with Gasteiger partial charge in [-0.1, -0.05) is 11.6 Å². The van der Waals surface area contributed by atoms with E-state index in [4.69, 9.17) is 16.9 Å². The second-order valence-electron chi connectivity index (χ2n) is 6.19. The summed E-state index contributed by atoms with van der Waals surface area (Å²) >= 11 is 5.79. The first kappa shape index (κ1) is 14.6. The summed E-state index contributed by atoms with van der Waals surface area (Å²) in [5.74, 6) is 0.974. The number of piperidine rings is 1. The Balaban J connectivity index is 1.53. The Hall–Kier alpha value is -1.38. The average molecular weight is 307 g/mol. The molecule has 2 fully saturated rings. The molecule has 0 bridgehead atoms. The lowest BCUT2D eigenvalue weighted by Gasteiger charge is -2.34. The molecule has 1 unspecified atom stereocenters. The molecule has 1 saturated heterocycles. The van der Waals surface area contributed by atoms with E-state index in [2.05, 4.69) is 20.9 Å². The van der Waals surface area contributed by atoms with Gasteiger partial charge in [0.05, 0.1) is 35.0 Å². The zero-order chi connectivity index (χ0) is 14.9. The van der Waals surface area contributed by atoms with Gasteiger partial charge in [0, 0.05) is 13.1 Å². The molecular formula is C15H19ClN4O. The van der Waals surface area contributed by atoms with Crippen LogP contribution in [0.3, 0.4) is 0 Å². The minimum atomic E-state index is -0.361. The molecule has 0 aromatic carbocycles. The molecular weight excluding hydrogens is 288 g/mol. The highest BCUT2D eigenvalue weighted by atomic mass is 35.5. The lowest BCUT2D eigenvalue weighted by atomic mass is 9.85. The number of rotatable bonds is 4. The number of nitrogens with zero attached hydrogens (tertiary/aromatic N) is 4. The molecule has 2 aliphatic rings. The molecule has 112 valence electrons. The average Bonchev–Trinajstić information content (AvgIpc) is 3.28. The first-order chi connectivity index (χ1) is 10.1. The number of aliphatic hydroxyl groups excluding tert-OH is 1. The summed E-state index contributed by atoms with van der Waals surface area (Å²) in [6.07, 6.45) is 7.19. The predicted molar refractivity (Wildman–Crippen MR) is 79.9 cm³/mol. The van der Waals surface area contributed by atoms with Gasteiger partial charge >= 0.3 is 0 Å². The van der Waals surface area contributed by atoms with Crippen LogP contribution in [0.4, 0.5) is 5.95 Å². The van der Waals surface area contributed by atoms with Gasteiger partial charge in [-0.15, -0.1) is 0 Å². The fourth-order valence-corrected chi connectivity index (χ4v) is 3.13. The Labute approximate surface area is 129 Å². The first-order valence-corrected chi connectivity index (χ1v) is 7.81. The minimum absolute atomic E-state index is 0.226. The predicted octanol–water partition coefficient (Wildman–Crippen LogP) is 2.40. The molecule has 2 heterocycles. The van der Waals surface area contributed by atoms with Gasteiger partial charge in [-0.3, -0.25) is 0 Å². The topological polar surface area (TPSA) is 73.0 Å². The van der Waals surface area contributed by atoms with E-state index >= 15 is 0 Å². The second kappa shape index (κ2) is 5.78. The number of anilines is 1. The summed E-state index contributed by atoms with van der Waals surface area (Å²) in [4.78, 5) is 10.6. The van der Waals surface area contributed by atoms with Crippen molar-refractivity contribution in [2.45, 2.75) is 38.2 Å². The van der Waals surface area contributed by atoms with E-state index in [0.29, 0.717) is 17.4 Å². The van der Waals surface area contributed by atoms with Crippen molar-refractivity contribution in [1.29, 1.82) is 5.26 Å². The third kappa shape index (κ3) is 3.28. The number of aromatic nitrogens is 2. The summed E-state index contributed by atoms with van der Waals surface area (Å²) in [6, 6.07) is 2.36. The zero-order valence-corrected chi connectivity index (χ0v) is 12.6. The molecule has 1 aromatic heterocycles. The van der Waals surface area contributed by atoms with Gasteiger partial charge in [0.2, 0.25) is 5.95 Å². The zero-order valence-electron chi connectivity index (χ0n) is 11.9. The fraction of sp³-hybridized carbons (Fsp3) is 0.667. The van der Waals surface area contributed by atoms with Gasteiger partial charge in [-0.2, -0.15) is 5.26 Å². The van der Waals surface area contributed by atoms with Crippen molar-refractivity contribution in [2.24, 2.45) is 11.3 Å². The van der Waals surface area contributed by atoms with Crippen LogP contribution in [0.2, 0.25) is 5.02 Å². The maximum atomic E-state index is 10.4. The van der Waals surface area contributed by atoms with Crippen molar-refractivity contribution in [2.75, 3.05) is 18.0 Å². The van der Waals surface area contributed by atoms with E-state index in [0.717, 1.165) is 38.8 Å². The Morgan fingerprint density at radius 1 is 1.38 bits per heavy atom. The highest BCUT2D eigenvalue weighted by Crippen LogP contribution is 2.50. The van der Waals surface area contributed by atoms with Crippen molar-refractivity contribution >= 4 is 17.5 Å². The van der Waals surface area contributed by atoms with Crippen molar-refractivity contribution in [3.05, 3.63) is 17.4 Å². The highest BCUT2D eigenvalue weighted by Gasteiger charge is 2.45. The first-order valence-electron chi connectivity index (χ1n) is 7.44. The van der Waals surface area contributed by atoms with E-state index in [-0.39, 0.29) is 17.4 Å².